The zero-order valence-corrected chi connectivity index (χ0v) is 17.1. The Balaban J connectivity index is 1.65. The summed E-state index contributed by atoms with van der Waals surface area (Å²) in [5.41, 5.74) is 0. The Morgan fingerprint density at radius 1 is 0.577 bits per heavy atom. The van der Waals surface area contributed by atoms with Gasteiger partial charge >= 0.3 is 0 Å². The molecule has 2 rings (SSSR count). The fourth-order valence-electron chi connectivity index (χ4n) is 2.13. The Kier molecular flexibility index (Phi) is 10.9. The van der Waals surface area contributed by atoms with Gasteiger partial charge in [0.25, 0.3) is 0 Å². The van der Waals surface area contributed by atoms with Gasteiger partial charge in [-0.1, -0.05) is 0 Å². The molecular formula is C18H28O6S2. The van der Waals surface area contributed by atoms with Gasteiger partial charge in [-0.15, -0.1) is 22.7 Å². The molecular weight excluding hydrogens is 376 g/mol. The summed E-state index contributed by atoms with van der Waals surface area (Å²) in [6.07, 6.45) is 0. The van der Waals surface area contributed by atoms with Crippen molar-refractivity contribution in [2.45, 2.75) is 13.8 Å². The molecule has 148 valence electrons. The van der Waals surface area contributed by atoms with Crippen molar-refractivity contribution in [1.29, 1.82) is 0 Å². The maximum absolute atomic E-state index is 5.82. The Hall–Kier alpha value is -0.900. The normalized spacial score (nSPS) is 11.3. The fourth-order valence-corrected chi connectivity index (χ4v) is 4.27. The molecule has 0 N–H and O–H groups in total. The van der Waals surface area contributed by atoms with Crippen LogP contribution in [0.3, 0.4) is 0 Å². The first kappa shape index (κ1) is 21.4. The molecule has 26 heavy (non-hydrogen) atoms. The molecule has 0 atom stereocenters. The zero-order chi connectivity index (χ0) is 18.5. The van der Waals surface area contributed by atoms with Crippen LogP contribution >= 0.6 is 22.7 Å². The summed E-state index contributed by atoms with van der Waals surface area (Å²) in [5, 5.41) is 4.04. The van der Waals surface area contributed by atoms with Gasteiger partial charge < -0.3 is 28.4 Å². The van der Waals surface area contributed by atoms with E-state index in [-0.39, 0.29) is 0 Å². The highest BCUT2D eigenvalue weighted by molar-refractivity contribution is 7.27. The molecule has 0 aliphatic heterocycles. The third kappa shape index (κ3) is 7.38. The molecule has 0 saturated carbocycles. The molecule has 2 aromatic rings. The predicted molar refractivity (Wildman–Crippen MR) is 105 cm³/mol. The number of rotatable bonds is 16. The maximum atomic E-state index is 5.82. The molecule has 0 aromatic carbocycles. The second kappa shape index (κ2) is 13.3. The summed E-state index contributed by atoms with van der Waals surface area (Å²) in [7, 11) is 0. The van der Waals surface area contributed by atoms with Gasteiger partial charge in [0.15, 0.2) is 0 Å². The Morgan fingerprint density at radius 3 is 1.38 bits per heavy atom. The van der Waals surface area contributed by atoms with Gasteiger partial charge in [-0.2, -0.15) is 0 Å². The topological polar surface area (TPSA) is 55.4 Å². The molecule has 0 radical (unpaired) electrons. The van der Waals surface area contributed by atoms with Gasteiger partial charge in [-0.3, -0.25) is 0 Å². The molecule has 0 fully saturated rings. The van der Waals surface area contributed by atoms with Crippen LogP contribution in [0.15, 0.2) is 10.8 Å². The van der Waals surface area contributed by atoms with Gasteiger partial charge in [0.1, 0.15) is 24.7 Å². The van der Waals surface area contributed by atoms with E-state index in [2.05, 4.69) is 0 Å². The van der Waals surface area contributed by atoms with E-state index in [0.717, 1.165) is 34.1 Å². The van der Waals surface area contributed by atoms with Gasteiger partial charge in [0.05, 0.1) is 49.0 Å². The SMILES string of the molecule is CCOCCOCCOc1csc2c(OCCOCCOCC)csc12. The molecule has 0 spiro atoms. The van der Waals surface area contributed by atoms with Gasteiger partial charge in [-0.05, 0) is 13.8 Å². The zero-order valence-electron chi connectivity index (χ0n) is 15.5. The number of fused-ring (bicyclic) bond motifs is 1. The molecule has 6 nitrogen and oxygen atoms in total. The van der Waals surface area contributed by atoms with Gasteiger partial charge in [0.2, 0.25) is 0 Å². The lowest BCUT2D eigenvalue weighted by molar-refractivity contribution is 0.0406. The summed E-state index contributed by atoms with van der Waals surface area (Å²) in [5.74, 6) is 1.79. The van der Waals surface area contributed by atoms with Crippen LogP contribution < -0.4 is 9.47 Å². The van der Waals surface area contributed by atoms with Crippen LogP contribution in [0.2, 0.25) is 0 Å². The van der Waals surface area contributed by atoms with E-state index in [1.807, 2.05) is 24.6 Å². The molecule has 0 saturated heterocycles. The first-order valence-electron chi connectivity index (χ1n) is 8.92. The van der Waals surface area contributed by atoms with Crippen LogP contribution in [0.1, 0.15) is 13.8 Å². The Labute approximate surface area is 162 Å². The maximum Gasteiger partial charge on any atom is 0.148 e. The van der Waals surface area contributed by atoms with E-state index in [1.54, 1.807) is 22.7 Å². The second-order valence-electron chi connectivity index (χ2n) is 5.17. The van der Waals surface area contributed by atoms with Crippen molar-refractivity contribution < 1.29 is 28.4 Å². The van der Waals surface area contributed by atoms with Crippen molar-refractivity contribution in [1.82, 2.24) is 0 Å². The quantitative estimate of drug-likeness (QED) is 0.397. The predicted octanol–water partition coefficient (Wildman–Crippen LogP) is 3.83. The van der Waals surface area contributed by atoms with Crippen LogP contribution in [-0.4, -0.2) is 66.1 Å². The van der Waals surface area contributed by atoms with Crippen LogP contribution in [0, 0.1) is 0 Å². The van der Waals surface area contributed by atoms with Crippen molar-refractivity contribution in [2.24, 2.45) is 0 Å². The van der Waals surface area contributed by atoms with E-state index < -0.39 is 0 Å². The van der Waals surface area contributed by atoms with E-state index in [9.17, 15) is 0 Å². The van der Waals surface area contributed by atoms with Crippen LogP contribution in [-0.2, 0) is 18.9 Å². The van der Waals surface area contributed by atoms with E-state index >= 15 is 0 Å². The third-order valence-electron chi connectivity index (χ3n) is 3.34. The Bertz CT molecular complexity index is 546. The molecule has 0 unspecified atom stereocenters. The number of ether oxygens (including phenoxy) is 6. The standard InChI is InChI=1S/C18H28O6S2/c1-3-19-5-7-21-9-11-23-15-13-25-18-16(14-26-17(15)18)24-12-10-22-8-6-20-4-2/h13-14H,3-12H2,1-2H3. The minimum atomic E-state index is 0.527. The molecule has 2 aromatic heterocycles. The molecule has 8 heteroatoms. The van der Waals surface area contributed by atoms with Gasteiger partial charge in [0, 0.05) is 24.0 Å². The van der Waals surface area contributed by atoms with Crippen molar-refractivity contribution >= 4 is 32.1 Å². The summed E-state index contributed by atoms with van der Waals surface area (Å²) < 4.78 is 35.2. The lowest BCUT2D eigenvalue weighted by Gasteiger charge is -2.06. The highest BCUT2D eigenvalue weighted by Gasteiger charge is 2.13. The largest absolute Gasteiger partial charge is 0.489 e. The number of thiophene rings is 2. The van der Waals surface area contributed by atoms with Crippen molar-refractivity contribution in [3.63, 3.8) is 0 Å². The Morgan fingerprint density at radius 2 is 0.962 bits per heavy atom. The second-order valence-corrected chi connectivity index (χ2v) is 6.93. The van der Waals surface area contributed by atoms with Crippen LogP contribution in [0.4, 0.5) is 0 Å². The number of hydrogen-bond donors (Lipinski definition) is 0. The van der Waals surface area contributed by atoms with Crippen molar-refractivity contribution in [3.8, 4) is 11.5 Å². The van der Waals surface area contributed by atoms with Crippen molar-refractivity contribution in [2.75, 3.05) is 66.1 Å². The summed E-state index contributed by atoms with van der Waals surface area (Å²) in [6, 6.07) is 0. The summed E-state index contributed by atoms with van der Waals surface area (Å²) in [4.78, 5) is 0. The highest BCUT2D eigenvalue weighted by Crippen LogP contribution is 2.43. The smallest absolute Gasteiger partial charge is 0.148 e. The lowest BCUT2D eigenvalue weighted by Crippen LogP contribution is -2.10. The first-order chi connectivity index (χ1) is 12.9. The van der Waals surface area contributed by atoms with Crippen molar-refractivity contribution in [3.05, 3.63) is 10.8 Å². The van der Waals surface area contributed by atoms with E-state index in [0.29, 0.717) is 52.9 Å². The molecule has 0 aliphatic carbocycles. The lowest BCUT2D eigenvalue weighted by atomic mass is 10.4. The first-order valence-corrected chi connectivity index (χ1v) is 10.7. The average Bonchev–Trinajstić information content (AvgIpc) is 3.23. The van der Waals surface area contributed by atoms with Crippen LogP contribution in [0.5, 0.6) is 11.5 Å². The minimum absolute atomic E-state index is 0.527. The molecule has 0 bridgehead atoms. The third-order valence-corrected chi connectivity index (χ3v) is 5.42. The van der Waals surface area contributed by atoms with Gasteiger partial charge in [-0.25, -0.2) is 0 Å². The van der Waals surface area contributed by atoms with Crippen LogP contribution in [0.25, 0.3) is 9.40 Å². The number of hydrogen-bond acceptors (Lipinski definition) is 8. The summed E-state index contributed by atoms with van der Waals surface area (Å²) in [6.45, 7) is 9.99. The van der Waals surface area contributed by atoms with E-state index in [4.69, 9.17) is 28.4 Å². The summed E-state index contributed by atoms with van der Waals surface area (Å²) >= 11 is 3.27. The molecule has 0 amide bonds. The molecule has 0 aliphatic rings. The monoisotopic (exact) mass is 404 g/mol. The highest BCUT2D eigenvalue weighted by atomic mass is 32.1. The molecule has 2 heterocycles. The fraction of sp³-hybridized carbons (Fsp3) is 0.667. The van der Waals surface area contributed by atoms with E-state index in [1.165, 1.54) is 0 Å². The minimum Gasteiger partial charge on any atom is -0.489 e. The average molecular weight is 405 g/mol.